The lowest BCUT2D eigenvalue weighted by Crippen LogP contribution is -2.36. The van der Waals surface area contributed by atoms with E-state index in [1.54, 1.807) is 22.8 Å². The molecule has 0 fully saturated rings. The quantitative estimate of drug-likeness (QED) is 0.855. The number of hydrogen-bond donors (Lipinski definition) is 0. The van der Waals surface area contributed by atoms with Crippen LogP contribution in [0.3, 0.4) is 0 Å². The normalized spacial score (nSPS) is 18.0. The molecule has 1 aromatic heterocycles. The zero-order valence-electron chi connectivity index (χ0n) is 12.3. The van der Waals surface area contributed by atoms with E-state index in [9.17, 15) is 8.42 Å². The fourth-order valence-corrected chi connectivity index (χ4v) is 4.89. The summed E-state index contributed by atoms with van der Waals surface area (Å²) in [5, 5.41) is 0. The Morgan fingerprint density at radius 2 is 1.77 bits per heavy atom. The van der Waals surface area contributed by atoms with E-state index < -0.39 is 10.0 Å². The summed E-state index contributed by atoms with van der Waals surface area (Å²) in [6, 6.07) is 7.60. The Morgan fingerprint density at radius 1 is 0.955 bits per heavy atom. The Labute approximate surface area is 130 Å². The molecule has 0 unspecified atom stereocenters. The van der Waals surface area contributed by atoms with Gasteiger partial charge in [0.1, 0.15) is 0 Å². The molecule has 0 atom stereocenters. The lowest BCUT2D eigenvalue weighted by Gasteiger charge is -2.27. The van der Waals surface area contributed by atoms with Gasteiger partial charge in [-0.3, -0.25) is 4.98 Å². The van der Waals surface area contributed by atoms with Crippen molar-refractivity contribution in [1.29, 1.82) is 0 Å². The summed E-state index contributed by atoms with van der Waals surface area (Å²) in [4.78, 5) is 4.54. The zero-order valence-corrected chi connectivity index (χ0v) is 13.1. The Bertz CT molecular complexity index is 830. The van der Waals surface area contributed by atoms with Crippen molar-refractivity contribution in [2.45, 2.75) is 37.1 Å². The van der Waals surface area contributed by atoms with Gasteiger partial charge in [-0.2, -0.15) is 4.31 Å². The molecule has 0 bridgehead atoms. The van der Waals surface area contributed by atoms with Gasteiger partial charge in [-0.1, -0.05) is 6.07 Å². The van der Waals surface area contributed by atoms with E-state index in [4.69, 9.17) is 0 Å². The van der Waals surface area contributed by atoms with E-state index in [2.05, 4.69) is 4.98 Å². The number of benzene rings is 1. The molecule has 0 saturated heterocycles. The minimum atomic E-state index is -3.42. The second-order valence-electron chi connectivity index (χ2n) is 6.02. The zero-order chi connectivity index (χ0) is 15.2. The van der Waals surface area contributed by atoms with Crippen molar-refractivity contribution in [3.8, 4) is 0 Å². The van der Waals surface area contributed by atoms with Crippen LogP contribution >= 0.6 is 0 Å². The highest BCUT2D eigenvalue weighted by Crippen LogP contribution is 2.28. The first kappa shape index (κ1) is 13.9. The summed E-state index contributed by atoms with van der Waals surface area (Å²) < 4.78 is 27.4. The highest BCUT2D eigenvalue weighted by molar-refractivity contribution is 7.89. The Balaban J connectivity index is 1.67. The third-order valence-electron chi connectivity index (χ3n) is 4.69. The van der Waals surface area contributed by atoms with Crippen LogP contribution in [0.4, 0.5) is 0 Å². The molecule has 4 rings (SSSR count). The summed E-state index contributed by atoms with van der Waals surface area (Å²) >= 11 is 0. The number of aryl methyl sites for hydroxylation is 2. The van der Waals surface area contributed by atoms with Crippen molar-refractivity contribution < 1.29 is 8.42 Å². The molecule has 5 heteroatoms. The maximum absolute atomic E-state index is 12.9. The average molecular weight is 314 g/mol. The van der Waals surface area contributed by atoms with Crippen LogP contribution in [0.1, 0.15) is 28.7 Å². The third-order valence-corrected chi connectivity index (χ3v) is 6.53. The summed E-state index contributed by atoms with van der Waals surface area (Å²) in [6.45, 7) is 0.957. The molecule has 1 aliphatic heterocycles. The third kappa shape index (κ3) is 2.25. The van der Waals surface area contributed by atoms with E-state index in [0.29, 0.717) is 18.0 Å². The van der Waals surface area contributed by atoms with E-state index in [1.165, 1.54) is 16.7 Å². The number of rotatable bonds is 2. The van der Waals surface area contributed by atoms with Gasteiger partial charge in [0.2, 0.25) is 10.0 Å². The lowest BCUT2D eigenvalue weighted by molar-refractivity contribution is 0.390. The first-order valence-electron chi connectivity index (χ1n) is 7.68. The SMILES string of the molecule is O=S(=O)(c1ccc2c(c1)CCC2)N1CCc2ccncc2C1. The monoisotopic (exact) mass is 314 g/mol. The van der Waals surface area contributed by atoms with Crippen LogP contribution in [0.2, 0.25) is 0 Å². The molecular formula is C17H18N2O2S. The minimum Gasteiger partial charge on any atom is -0.264 e. The molecule has 1 aromatic carbocycles. The van der Waals surface area contributed by atoms with Gasteiger partial charge in [0.25, 0.3) is 0 Å². The molecule has 4 nitrogen and oxygen atoms in total. The molecule has 2 aliphatic rings. The number of sulfonamides is 1. The van der Waals surface area contributed by atoms with Crippen molar-refractivity contribution in [3.63, 3.8) is 0 Å². The van der Waals surface area contributed by atoms with Crippen LogP contribution in [0.15, 0.2) is 41.6 Å². The largest absolute Gasteiger partial charge is 0.264 e. The average Bonchev–Trinajstić information content (AvgIpc) is 3.02. The van der Waals surface area contributed by atoms with Gasteiger partial charge in [-0.05, 0) is 66.1 Å². The van der Waals surface area contributed by atoms with Gasteiger partial charge < -0.3 is 0 Å². The highest BCUT2D eigenvalue weighted by Gasteiger charge is 2.29. The minimum absolute atomic E-state index is 0.419. The molecular weight excluding hydrogens is 296 g/mol. The predicted octanol–water partition coefficient (Wildman–Crippen LogP) is 2.32. The number of pyridine rings is 1. The number of hydrogen-bond acceptors (Lipinski definition) is 3. The van der Waals surface area contributed by atoms with Crippen molar-refractivity contribution in [1.82, 2.24) is 9.29 Å². The maximum atomic E-state index is 12.9. The smallest absolute Gasteiger partial charge is 0.243 e. The molecule has 0 amide bonds. The molecule has 0 N–H and O–H groups in total. The van der Waals surface area contributed by atoms with E-state index in [-0.39, 0.29) is 0 Å². The second kappa shape index (κ2) is 5.18. The fourth-order valence-electron chi connectivity index (χ4n) is 3.42. The Hall–Kier alpha value is -1.72. The maximum Gasteiger partial charge on any atom is 0.243 e. The standard InChI is InChI=1S/C17H18N2O2S/c20-22(21,17-5-4-13-2-1-3-15(13)10-17)19-9-7-14-6-8-18-11-16(14)12-19/h4-6,8,10-11H,1-3,7,9,12H2. The molecule has 0 radical (unpaired) electrons. The molecule has 2 heterocycles. The number of nitrogens with zero attached hydrogens (tertiary/aromatic N) is 2. The van der Waals surface area contributed by atoms with Crippen LogP contribution in [0.25, 0.3) is 0 Å². The fraction of sp³-hybridized carbons (Fsp3) is 0.353. The van der Waals surface area contributed by atoms with Crippen LogP contribution in [0.5, 0.6) is 0 Å². The van der Waals surface area contributed by atoms with Gasteiger partial charge >= 0.3 is 0 Å². The highest BCUT2D eigenvalue weighted by atomic mass is 32.2. The van der Waals surface area contributed by atoms with E-state index >= 15 is 0 Å². The van der Waals surface area contributed by atoms with Crippen LogP contribution in [-0.4, -0.2) is 24.3 Å². The molecule has 1 aliphatic carbocycles. The van der Waals surface area contributed by atoms with Crippen LogP contribution in [0, 0.1) is 0 Å². The van der Waals surface area contributed by atoms with E-state index in [1.807, 2.05) is 18.2 Å². The second-order valence-corrected chi connectivity index (χ2v) is 7.95. The predicted molar refractivity (Wildman–Crippen MR) is 84.0 cm³/mol. The van der Waals surface area contributed by atoms with Gasteiger partial charge in [0, 0.05) is 25.5 Å². The summed E-state index contributed by atoms with van der Waals surface area (Å²) in [5.74, 6) is 0. The van der Waals surface area contributed by atoms with Gasteiger partial charge in [-0.15, -0.1) is 0 Å². The van der Waals surface area contributed by atoms with Gasteiger partial charge in [0.05, 0.1) is 4.90 Å². The van der Waals surface area contributed by atoms with Crippen LogP contribution in [-0.2, 0) is 35.8 Å². The van der Waals surface area contributed by atoms with Crippen molar-refractivity contribution in [2.75, 3.05) is 6.54 Å². The van der Waals surface area contributed by atoms with Gasteiger partial charge in [0.15, 0.2) is 0 Å². The molecule has 114 valence electrons. The molecule has 0 saturated carbocycles. The van der Waals surface area contributed by atoms with Crippen molar-refractivity contribution in [3.05, 3.63) is 58.9 Å². The topological polar surface area (TPSA) is 50.3 Å². The number of fused-ring (bicyclic) bond motifs is 2. The summed E-state index contributed by atoms with van der Waals surface area (Å²) in [6.07, 6.45) is 7.48. The van der Waals surface area contributed by atoms with E-state index in [0.717, 1.165) is 31.2 Å². The summed E-state index contributed by atoms with van der Waals surface area (Å²) in [5.41, 5.74) is 4.71. The first-order chi connectivity index (χ1) is 10.6. The van der Waals surface area contributed by atoms with Crippen LogP contribution < -0.4 is 0 Å². The first-order valence-corrected chi connectivity index (χ1v) is 9.12. The molecule has 0 spiro atoms. The lowest BCUT2D eigenvalue weighted by atomic mass is 10.0. The van der Waals surface area contributed by atoms with Crippen molar-refractivity contribution in [2.24, 2.45) is 0 Å². The Kier molecular flexibility index (Phi) is 3.27. The van der Waals surface area contributed by atoms with Crippen molar-refractivity contribution >= 4 is 10.0 Å². The summed E-state index contributed by atoms with van der Waals surface area (Å²) in [7, 11) is -3.42. The number of aromatic nitrogens is 1. The Morgan fingerprint density at radius 3 is 2.68 bits per heavy atom. The van der Waals surface area contributed by atoms with Gasteiger partial charge in [-0.25, -0.2) is 8.42 Å². The molecule has 2 aromatic rings. The molecule has 22 heavy (non-hydrogen) atoms.